The molecule has 1 fully saturated rings. The van der Waals surface area contributed by atoms with E-state index in [1.807, 2.05) is 0 Å². The van der Waals surface area contributed by atoms with Crippen LogP contribution in [0.15, 0.2) is 64.7 Å². The van der Waals surface area contributed by atoms with Crippen LogP contribution in [0.25, 0.3) is 0 Å². The van der Waals surface area contributed by atoms with Gasteiger partial charge < -0.3 is 70.3 Å². The van der Waals surface area contributed by atoms with Crippen LogP contribution >= 0.6 is 0 Å². The predicted octanol–water partition coefficient (Wildman–Crippen LogP) is -4.21. The fraction of sp³-hybridized carbons (Fsp3) is 0.581. The smallest absolute Gasteiger partial charge is 0.343 e. The van der Waals surface area contributed by atoms with Gasteiger partial charge in [-0.1, -0.05) is 18.2 Å². The molecule has 0 aromatic carbocycles. The van der Waals surface area contributed by atoms with E-state index < -0.39 is 67.4 Å². The average molecular weight is 699 g/mol. The van der Waals surface area contributed by atoms with Gasteiger partial charge in [0.05, 0.1) is 50.5 Å². The number of carbonyl (C=O) groups is 2. The number of carbonyl (C=O) groups excluding carboxylic acids is 1. The number of carboxylic acid groups (broad SMARTS) is 1. The van der Waals surface area contributed by atoms with Crippen molar-refractivity contribution < 1.29 is 68.8 Å². The number of aliphatic hydroxyl groups excluding tert-OH is 5. The van der Waals surface area contributed by atoms with Gasteiger partial charge in [-0.3, -0.25) is 10.3 Å². The Morgan fingerprint density at radius 1 is 1.20 bits per heavy atom. The Morgan fingerprint density at radius 2 is 1.96 bits per heavy atom. The van der Waals surface area contributed by atoms with Gasteiger partial charge in [0.2, 0.25) is 6.29 Å². The number of nitrogens with two attached hydrogens (primary N) is 1. The number of quaternary nitrogens is 1. The lowest BCUT2D eigenvalue weighted by Gasteiger charge is -2.44. The van der Waals surface area contributed by atoms with Crippen molar-refractivity contribution in [3.63, 3.8) is 0 Å². The van der Waals surface area contributed by atoms with Crippen LogP contribution in [-0.2, 0) is 33.3 Å². The molecule has 0 aromatic rings. The van der Waals surface area contributed by atoms with Gasteiger partial charge in [-0.05, 0) is 13.5 Å². The number of ether oxygens (including phenoxy) is 5. The highest BCUT2D eigenvalue weighted by Gasteiger charge is 2.48. The maximum absolute atomic E-state index is 12.9. The summed E-state index contributed by atoms with van der Waals surface area (Å²) in [7, 11) is 2.80. The van der Waals surface area contributed by atoms with E-state index in [9.17, 15) is 35.1 Å². The van der Waals surface area contributed by atoms with E-state index in [1.165, 1.54) is 19.4 Å². The highest BCUT2D eigenvalue weighted by atomic mass is 16.8. The van der Waals surface area contributed by atoms with Crippen LogP contribution in [-0.4, -0.2) is 146 Å². The molecule has 1 saturated heterocycles. The molecule has 0 saturated carbocycles. The first kappa shape index (κ1) is 39.7. The molecule has 18 nitrogen and oxygen atoms in total. The molecule has 49 heavy (non-hydrogen) atoms. The molecule has 3 rings (SSSR count). The van der Waals surface area contributed by atoms with Crippen molar-refractivity contribution in [1.82, 2.24) is 10.6 Å². The topological polar surface area (TPSA) is 269 Å². The second-order valence-corrected chi connectivity index (χ2v) is 11.3. The van der Waals surface area contributed by atoms with Gasteiger partial charge in [0.15, 0.2) is 12.2 Å². The Bertz CT molecular complexity index is 1300. The van der Waals surface area contributed by atoms with Crippen LogP contribution in [0.5, 0.6) is 0 Å². The third-order valence-electron chi connectivity index (χ3n) is 8.00. The Hall–Kier alpha value is -3.69. The van der Waals surface area contributed by atoms with Crippen molar-refractivity contribution in [2.75, 3.05) is 60.3 Å². The molecule has 18 heteroatoms. The van der Waals surface area contributed by atoms with Gasteiger partial charge in [0, 0.05) is 24.6 Å². The first-order chi connectivity index (χ1) is 23.5. The van der Waals surface area contributed by atoms with Gasteiger partial charge >= 0.3 is 11.9 Å². The summed E-state index contributed by atoms with van der Waals surface area (Å²) in [5, 5.41) is 65.3. The van der Waals surface area contributed by atoms with E-state index in [0.717, 1.165) is 6.26 Å². The number of hydrogen-bond donors (Lipinski definition) is 10. The van der Waals surface area contributed by atoms with Crippen LogP contribution in [0.2, 0.25) is 0 Å². The summed E-state index contributed by atoms with van der Waals surface area (Å²) in [4.78, 5) is 30.0. The molecule has 3 heterocycles. The van der Waals surface area contributed by atoms with E-state index in [4.69, 9.17) is 34.5 Å². The maximum atomic E-state index is 12.9. The van der Waals surface area contributed by atoms with Crippen LogP contribution in [0, 0.1) is 11.8 Å². The molecule has 9 unspecified atom stereocenters. The van der Waals surface area contributed by atoms with E-state index in [-0.39, 0.29) is 62.4 Å². The van der Waals surface area contributed by atoms with E-state index >= 15 is 0 Å². The molecular weight excluding hydrogens is 650 g/mol. The molecule has 9 atom stereocenters. The van der Waals surface area contributed by atoms with Crippen molar-refractivity contribution in [3.05, 3.63) is 59.7 Å². The van der Waals surface area contributed by atoms with Crippen LogP contribution in [0.1, 0.15) is 6.42 Å². The number of aliphatic carboxylic acids is 1. The van der Waals surface area contributed by atoms with Crippen molar-refractivity contribution in [2.45, 2.75) is 43.4 Å². The van der Waals surface area contributed by atoms with Crippen molar-refractivity contribution in [1.29, 1.82) is 0 Å². The molecule has 274 valence electrons. The first-order valence-corrected chi connectivity index (χ1v) is 15.7. The summed E-state index contributed by atoms with van der Waals surface area (Å²) in [6, 6.07) is 0. The fourth-order valence-electron chi connectivity index (χ4n) is 5.51. The zero-order valence-corrected chi connectivity index (χ0v) is 27.4. The number of aliphatic hydroxyl groups is 5. The van der Waals surface area contributed by atoms with Gasteiger partial charge in [0.25, 0.3) is 0 Å². The second-order valence-electron chi connectivity index (χ2n) is 11.3. The highest BCUT2D eigenvalue weighted by molar-refractivity contribution is 5.94. The number of esters is 1. The van der Waals surface area contributed by atoms with Crippen LogP contribution in [0.4, 0.5) is 0 Å². The molecule has 3 aliphatic heterocycles. The average Bonchev–Trinajstić information content (AvgIpc) is 3.09. The summed E-state index contributed by atoms with van der Waals surface area (Å²) in [6.45, 7) is 3.51. The fourth-order valence-corrected chi connectivity index (χ4v) is 5.51. The number of nitrogens with one attached hydrogen (secondary N) is 3. The minimum absolute atomic E-state index is 0.0418. The summed E-state index contributed by atoms with van der Waals surface area (Å²) < 4.78 is 28.3. The second kappa shape index (κ2) is 19.5. The number of guanidine groups is 1. The Morgan fingerprint density at radius 3 is 2.57 bits per heavy atom. The van der Waals surface area contributed by atoms with Gasteiger partial charge in [0.1, 0.15) is 49.3 Å². The van der Waals surface area contributed by atoms with E-state index in [1.54, 1.807) is 19.2 Å². The minimum Gasteiger partial charge on any atom is -0.477 e. The molecule has 0 aliphatic carbocycles. The third-order valence-corrected chi connectivity index (χ3v) is 8.00. The molecule has 0 amide bonds. The van der Waals surface area contributed by atoms with E-state index in [0.29, 0.717) is 16.9 Å². The van der Waals surface area contributed by atoms with Crippen LogP contribution in [0.3, 0.4) is 0 Å². The highest BCUT2D eigenvalue weighted by Crippen LogP contribution is 2.37. The molecular formula is C31H48N5O13+. The zero-order valence-electron chi connectivity index (χ0n) is 27.4. The largest absolute Gasteiger partial charge is 0.477 e. The summed E-state index contributed by atoms with van der Waals surface area (Å²) >= 11 is 0. The lowest BCUT2D eigenvalue weighted by molar-refractivity contribution is -0.843. The molecule has 0 bridgehead atoms. The summed E-state index contributed by atoms with van der Waals surface area (Å²) in [5.41, 5.74) is 6.57. The Kier molecular flexibility index (Phi) is 15.8. The normalized spacial score (nSPS) is 30.8. The monoisotopic (exact) mass is 698 g/mol. The van der Waals surface area contributed by atoms with Gasteiger partial charge in [-0.2, -0.15) is 0 Å². The Balaban J connectivity index is 2.04. The summed E-state index contributed by atoms with van der Waals surface area (Å²) in [5.74, 6) is -3.72. The standard InChI is InChI=1S/C31H47N5O13/c1-4-18-19(7-6-17-12-36(9-11-38)13-20(27(42)43)23(17)35-31(32)34-8-5-10-37)21(28(44)45-3)15-46-29(18)49-30-26(47-16-33-2)25(41)24(40)22(14-39)48-30/h4,6-7,13,15,18-19,22,24-26,29-30,33,37-41H,1,5,8-12,14,16H2,2-3H3,(H,42,43)(H3,32,34,35)/p+1. The summed E-state index contributed by atoms with van der Waals surface area (Å²) in [6.07, 6.45) is -0.307. The molecule has 0 spiro atoms. The SMILES string of the molecule is C=CC1C(OC2OC(CO)C(O)C(O)C2OCNC)OC=C(C(=O)OC)C1C=CC1=C(NC(N)=NCCCO)C(C(=O)O)=C[NH+](CCO)C1. The number of methoxy groups -OCH3 is 1. The molecule has 11 N–H and O–H groups in total. The van der Waals surface area contributed by atoms with Crippen molar-refractivity contribution in [2.24, 2.45) is 22.6 Å². The van der Waals surface area contributed by atoms with Crippen LogP contribution < -0.4 is 21.3 Å². The number of nitrogens with zero attached hydrogens (tertiary/aromatic N) is 1. The minimum atomic E-state index is -1.50. The Labute approximate surface area is 283 Å². The predicted molar refractivity (Wildman–Crippen MR) is 171 cm³/mol. The number of aliphatic imine (C=N–C) groups is 1. The number of carboxylic acids is 1. The quantitative estimate of drug-likeness (QED) is 0.0172. The van der Waals surface area contributed by atoms with E-state index in [2.05, 4.69) is 22.2 Å². The number of allylic oxidation sites excluding steroid dienone is 1. The van der Waals surface area contributed by atoms with Gasteiger partial charge in [-0.15, -0.1) is 6.58 Å². The third kappa shape index (κ3) is 10.2. The number of hydrogen-bond acceptors (Lipinski definition) is 14. The van der Waals surface area contributed by atoms with Gasteiger partial charge in [-0.25, -0.2) is 9.59 Å². The number of rotatable bonds is 17. The molecule has 0 aromatic heterocycles. The maximum Gasteiger partial charge on any atom is 0.343 e. The van der Waals surface area contributed by atoms with Crippen molar-refractivity contribution in [3.8, 4) is 0 Å². The van der Waals surface area contributed by atoms with Crippen molar-refractivity contribution >= 4 is 17.9 Å². The zero-order chi connectivity index (χ0) is 36.1. The lowest BCUT2D eigenvalue weighted by Crippen LogP contribution is -3.09. The first-order valence-electron chi connectivity index (χ1n) is 15.7. The lowest BCUT2D eigenvalue weighted by atomic mass is 9.83. The molecule has 3 aliphatic rings. The molecule has 0 radical (unpaired) electrons.